The predicted octanol–water partition coefficient (Wildman–Crippen LogP) is 1.54. The first-order valence-electron chi connectivity index (χ1n) is 8.71. The topological polar surface area (TPSA) is 67.2 Å². The highest BCUT2D eigenvalue weighted by Crippen LogP contribution is 2.13. The van der Waals surface area contributed by atoms with Crippen LogP contribution in [0.2, 0.25) is 0 Å². The van der Waals surface area contributed by atoms with Crippen molar-refractivity contribution in [3.8, 4) is 0 Å². The molecule has 0 saturated carbocycles. The summed E-state index contributed by atoms with van der Waals surface area (Å²) < 4.78 is 1.81. The Hall–Kier alpha value is -2.63. The molecule has 1 aliphatic rings. The molecule has 1 N–H and O–H groups in total. The molecular formula is C19H24N4O2. The van der Waals surface area contributed by atoms with E-state index in [4.69, 9.17) is 0 Å². The fourth-order valence-electron chi connectivity index (χ4n) is 3.13. The lowest BCUT2D eigenvalue weighted by Crippen LogP contribution is -2.37. The predicted molar refractivity (Wildman–Crippen MR) is 94.9 cm³/mol. The monoisotopic (exact) mass is 340 g/mol. The lowest BCUT2D eigenvalue weighted by Gasteiger charge is -2.17. The Morgan fingerprint density at radius 3 is 2.76 bits per heavy atom. The number of hydrogen-bond donors (Lipinski definition) is 1. The molecule has 0 aliphatic carbocycles. The Balaban J connectivity index is 1.42. The highest BCUT2D eigenvalue weighted by molar-refractivity contribution is 5.82. The first-order valence-corrected chi connectivity index (χ1v) is 8.71. The molecule has 1 fully saturated rings. The molecule has 25 heavy (non-hydrogen) atoms. The molecule has 3 rings (SSSR count). The van der Waals surface area contributed by atoms with Gasteiger partial charge in [0.25, 0.3) is 0 Å². The Labute approximate surface area is 147 Å². The van der Waals surface area contributed by atoms with E-state index >= 15 is 0 Å². The van der Waals surface area contributed by atoms with Crippen LogP contribution < -0.4 is 5.32 Å². The molecule has 2 heterocycles. The van der Waals surface area contributed by atoms with Gasteiger partial charge in [-0.2, -0.15) is 5.10 Å². The summed E-state index contributed by atoms with van der Waals surface area (Å²) in [5.41, 5.74) is 2.26. The third-order valence-electron chi connectivity index (χ3n) is 4.57. The average Bonchev–Trinajstić information content (AvgIpc) is 3.17. The van der Waals surface area contributed by atoms with Crippen molar-refractivity contribution in [1.29, 1.82) is 0 Å². The van der Waals surface area contributed by atoms with E-state index in [2.05, 4.69) is 22.5 Å². The van der Waals surface area contributed by atoms with Gasteiger partial charge in [-0.05, 0) is 25.0 Å². The Morgan fingerprint density at radius 2 is 2.04 bits per heavy atom. The normalized spacial score (nSPS) is 17.1. The summed E-state index contributed by atoms with van der Waals surface area (Å²) in [5, 5.41) is 7.15. The summed E-state index contributed by atoms with van der Waals surface area (Å²) in [7, 11) is 0. The van der Waals surface area contributed by atoms with Crippen LogP contribution in [-0.4, -0.2) is 45.6 Å². The highest BCUT2D eigenvalue weighted by Gasteiger charge is 2.30. The van der Waals surface area contributed by atoms with Crippen LogP contribution in [0.4, 0.5) is 0 Å². The van der Waals surface area contributed by atoms with Crippen molar-refractivity contribution < 1.29 is 9.59 Å². The fourth-order valence-corrected chi connectivity index (χ4v) is 3.13. The van der Waals surface area contributed by atoms with Crippen LogP contribution >= 0.6 is 0 Å². The van der Waals surface area contributed by atoms with Crippen molar-refractivity contribution in [3.63, 3.8) is 0 Å². The van der Waals surface area contributed by atoms with Crippen LogP contribution in [0.15, 0.2) is 42.6 Å². The smallest absolute Gasteiger partial charge is 0.224 e. The van der Waals surface area contributed by atoms with Gasteiger partial charge in [0.05, 0.1) is 6.04 Å². The number of nitrogens with one attached hydrogen (secondary N) is 1. The first-order chi connectivity index (χ1) is 12.1. The molecule has 1 unspecified atom stereocenters. The largest absolute Gasteiger partial charge is 0.351 e. The summed E-state index contributed by atoms with van der Waals surface area (Å²) in [6, 6.07) is 12.0. The maximum Gasteiger partial charge on any atom is 0.224 e. The minimum atomic E-state index is -0.0884. The third-order valence-corrected chi connectivity index (χ3v) is 4.57. The van der Waals surface area contributed by atoms with Crippen LogP contribution in [0.3, 0.4) is 0 Å². The number of aromatic nitrogens is 2. The van der Waals surface area contributed by atoms with E-state index < -0.39 is 0 Å². The number of hydrogen-bond acceptors (Lipinski definition) is 3. The maximum atomic E-state index is 12.1. The second kappa shape index (κ2) is 7.96. The molecular weight excluding hydrogens is 316 g/mol. The molecule has 0 radical (unpaired) electrons. The van der Waals surface area contributed by atoms with Gasteiger partial charge in [-0.3, -0.25) is 14.3 Å². The van der Waals surface area contributed by atoms with Crippen molar-refractivity contribution in [1.82, 2.24) is 20.0 Å². The fraction of sp³-hybridized carbons (Fsp3) is 0.421. The summed E-state index contributed by atoms with van der Waals surface area (Å²) in [6.07, 6.45) is 3.33. The zero-order valence-electron chi connectivity index (χ0n) is 14.5. The minimum absolute atomic E-state index is 0.0300. The van der Waals surface area contributed by atoms with Crippen molar-refractivity contribution in [2.24, 2.45) is 0 Å². The van der Waals surface area contributed by atoms with E-state index in [9.17, 15) is 9.59 Å². The van der Waals surface area contributed by atoms with Crippen molar-refractivity contribution in [2.75, 3.05) is 13.1 Å². The molecule has 1 atom stereocenters. The van der Waals surface area contributed by atoms with Gasteiger partial charge in [-0.15, -0.1) is 0 Å². The molecule has 132 valence electrons. The quantitative estimate of drug-likeness (QED) is 0.831. The molecule has 2 amide bonds. The summed E-state index contributed by atoms with van der Waals surface area (Å²) in [6.45, 7) is 3.81. The van der Waals surface area contributed by atoms with Gasteiger partial charge in [0, 0.05) is 44.4 Å². The van der Waals surface area contributed by atoms with Crippen molar-refractivity contribution in [3.05, 3.63) is 53.9 Å². The van der Waals surface area contributed by atoms with Gasteiger partial charge in [0.2, 0.25) is 11.8 Å². The van der Waals surface area contributed by atoms with E-state index in [1.165, 1.54) is 5.56 Å². The van der Waals surface area contributed by atoms with Crippen molar-refractivity contribution in [2.45, 2.75) is 38.8 Å². The molecule has 0 spiro atoms. The minimum Gasteiger partial charge on any atom is -0.351 e. The SMILES string of the molecule is Cc1ccnn1CCC(=O)NC1CC(=O)N(CCc2ccccc2)C1. The molecule has 1 aromatic heterocycles. The molecule has 6 heteroatoms. The Bertz CT molecular complexity index is 726. The Kier molecular flexibility index (Phi) is 5.48. The summed E-state index contributed by atoms with van der Waals surface area (Å²) in [5.74, 6) is 0.0850. The maximum absolute atomic E-state index is 12.1. The van der Waals surface area contributed by atoms with Gasteiger partial charge < -0.3 is 10.2 Å². The van der Waals surface area contributed by atoms with Crippen LogP contribution in [-0.2, 0) is 22.6 Å². The number of carbonyl (C=O) groups excluding carboxylic acids is 2. The Morgan fingerprint density at radius 1 is 1.24 bits per heavy atom. The number of rotatable bonds is 7. The number of nitrogens with zero attached hydrogens (tertiary/aromatic N) is 3. The first kappa shape index (κ1) is 17.2. The highest BCUT2D eigenvalue weighted by atomic mass is 16.2. The van der Waals surface area contributed by atoms with E-state index in [0.717, 1.165) is 12.1 Å². The molecule has 1 aromatic carbocycles. The van der Waals surface area contributed by atoms with E-state index in [1.807, 2.05) is 40.8 Å². The second-order valence-electron chi connectivity index (χ2n) is 6.49. The number of aryl methyl sites for hydroxylation is 2. The zero-order valence-corrected chi connectivity index (χ0v) is 14.5. The van der Waals surface area contributed by atoms with Gasteiger partial charge in [0.1, 0.15) is 0 Å². The van der Waals surface area contributed by atoms with Crippen LogP contribution in [0.1, 0.15) is 24.1 Å². The van der Waals surface area contributed by atoms with Gasteiger partial charge >= 0.3 is 0 Å². The molecule has 1 aliphatic heterocycles. The molecule has 6 nitrogen and oxygen atoms in total. The average molecular weight is 340 g/mol. The number of likely N-dealkylation sites (tertiary alicyclic amines) is 1. The van der Waals surface area contributed by atoms with Gasteiger partial charge in [-0.1, -0.05) is 30.3 Å². The number of carbonyl (C=O) groups is 2. The second-order valence-corrected chi connectivity index (χ2v) is 6.49. The van der Waals surface area contributed by atoms with Gasteiger partial charge in [-0.25, -0.2) is 0 Å². The zero-order chi connectivity index (χ0) is 17.6. The van der Waals surface area contributed by atoms with E-state index in [0.29, 0.717) is 32.5 Å². The van der Waals surface area contributed by atoms with E-state index in [-0.39, 0.29) is 17.9 Å². The van der Waals surface area contributed by atoms with Crippen LogP contribution in [0, 0.1) is 6.92 Å². The van der Waals surface area contributed by atoms with Crippen LogP contribution in [0.25, 0.3) is 0 Å². The molecule has 2 aromatic rings. The third kappa shape index (κ3) is 4.68. The summed E-state index contributed by atoms with van der Waals surface area (Å²) in [4.78, 5) is 26.1. The standard InChI is InChI=1S/C19H24N4O2/c1-15-7-10-20-23(15)12-9-18(24)21-17-13-19(25)22(14-17)11-8-16-5-3-2-4-6-16/h2-7,10,17H,8-9,11-14H2,1H3,(H,21,24). The van der Waals surface area contributed by atoms with Crippen LogP contribution in [0.5, 0.6) is 0 Å². The van der Waals surface area contributed by atoms with E-state index in [1.54, 1.807) is 6.20 Å². The molecule has 1 saturated heterocycles. The van der Waals surface area contributed by atoms with Crippen molar-refractivity contribution >= 4 is 11.8 Å². The molecule has 0 bridgehead atoms. The number of benzene rings is 1. The summed E-state index contributed by atoms with van der Waals surface area (Å²) >= 11 is 0. The van der Waals surface area contributed by atoms with Gasteiger partial charge in [0.15, 0.2) is 0 Å². The number of amides is 2. The lowest BCUT2D eigenvalue weighted by atomic mass is 10.1. The lowest BCUT2D eigenvalue weighted by molar-refractivity contribution is -0.127.